The van der Waals surface area contributed by atoms with Gasteiger partial charge in [0.05, 0.1) is 0 Å². The number of aromatic nitrogens is 1. The predicted molar refractivity (Wildman–Crippen MR) is 86.7 cm³/mol. The monoisotopic (exact) mass is 376 g/mol. The Hall–Kier alpha value is -2.51. The molecule has 0 fully saturated rings. The number of pyridine rings is 1. The summed E-state index contributed by atoms with van der Waals surface area (Å²) in [5.74, 6) is -1.28. The third-order valence-corrected chi connectivity index (χ3v) is 3.52. The number of rotatable bonds is 7. The van der Waals surface area contributed by atoms with Gasteiger partial charge in [-0.15, -0.1) is 0 Å². The molecule has 0 spiro atoms. The number of amides is 1. The molecule has 0 aliphatic heterocycles. The van der Waals surface area contributed by atoms with E-state index >= 15 is 0 Å². The van der Waals surface area contributed by atoms with Crippen LogP contribution in [0.15, 0.2) is 59.0 Å². The predicted octanol–water partition coefficient (Wildman–Crippen LogP) is 2.86. The molecule has 7 heteroatoms. The van der Waals surface area contributed by atoms with Crippen LogP contribution >= 0.6 is 15.9 Å². The fourth-order valence-electron chi connectivity index (χ4n) is 1.74. The Morgan fingerprint density at radius 1 is 1.30 bits per heavy atom. The smallest absolute Gasteiger partial charge is 0.355 e. The van der Waals surface area contributed by atoms with Crippen LogP contribution in [0.1, 0.15) is 11.1 Å². The zero-order valence-corrected chi connectivity index (χ0v) is 13.5. The summed E-state index contributed by atoms with van der Waals surface area (Å²) in [6.45, 7) is 0.0711. The lowest BCUT2D eigenvalue weighted by atomic mass is 10.2. The number of carbonyl (C=O) groups is 2. The zero-order valence-electron chi connectivity index (χ0n) is 11.9. The number of aliphatic carboxylic acids is 1. The molecule has 23 heavy (non-hydrogen) atoms. The van der Waals surface area contributed by atoms with E-state index in [1.165, 1.54) is 18.5 Å². The molecule has 0 saturated heterocycles. The Kier molecular flexibility index (Phi) is 6.02. The molecule has 0 atom stereocenters. The van der Waals surface area contributed by atoms with Crippen LogP contribution in [0.25, 0.3) is 6.08 Å². The maximum atomic E-state index is 11.4. The van der Waals surface area contributed by atoms with Crippen LogP contribution in [0.5, 0.6) is 0 Å². The van der Waals surface area contributed by atoms with Gasteiger partial charge in [-0.3, -0.25) is 14.6 Å². The van der Waals surface area contributed by atoms with Crippen LogP contribution in [0.3, 0.4) is 0 Å². The summed E-state index contributed by atoms with van der Waals surface area (Å²) in [5.41, 5.74) is 1.07. The molecule has 1 aromatic heterocycles. The number of benzene rings is 1. The van der Waals surface area contributed by atoms with Gasteiger partial charge in [0.25, 0.3) is 0 Å². The van der Waals surface area contributed by atoms with E-state index in [0.717, 1.165) is 5.56 Å². The van der Waals surface area contributed by atoms with Crippen molar-refractivity contribution < 1.29 is 19.5 Å². The van der Waals surface area contributed by atoms with Gasteiger partial charge in [-0.05, 0) is 39.2 Å². The maximum Gasteiger partial charge on any atom is 0.355 e. The molecule has 0 bridgehead atoms. The number of carbonyl (C=O) groups excluding carboxylic acids is 1. The van der Waals surface area contributed by atoms with Gasteiger partial charge in [-0.1, -0.05) is 30.3 Å². The van der Waals surface area contributed by atoms with Crippen LogP contribution in [0, 0.1) is 0 Å². The second-order valence-corrected chi connectivity index (χ2v) is 5.28. The highest BCUT2D eigenvalue weighted by atomic mass is 79.9. The molecule has 6 nitrogen and oxygen atoms in total. The molecule has 1 N–H and O–H groups in total. The second-order valence-electron chi connectivity index (χ2n) is 4.42. The van der Waals surface area contributed by atoms with Crippen molar-refractivity contribution in [3.63, 3.8) is 0 Å². The molecule has 0 unspecified atom stereocenters. The number of carboxylic acids is 1. The average molecular weight is 377 g/mol. The Morgan fingerprint density at radius 2 is 2.04 bits per heavy atom. The van der Waals surface area contributed by atoms with Crippen LogP contribution in [-0.4, -0.2) is 27.5 Å². The number of nitrogens with zero attached hydrogens (tertiary/aromatic N) is 2. The molecular weight excluding hydrogens is 364 g/mol. The van der Waals surface area contributed by atoms with Crippen molar-refractivity contribution in [1.29, 1.82) is 0 Å². The fraction of sp³-hybridized carbons (Fsp3) is 0.0625. The minimum absolute atomic E-state index is 0.0711. The second kappa shape index (κ2) is 8.21. The van der Waals surface area contributed by atoms with Gasteiger partial charge in [0.15, 0.2) is 5.70 Å². The van der Waals surface area contributed by atoms with Crippen LogP contribution in [0.2, 0.25) is 0 Å². The Morgan fingerprint density at radius 3 is 2.65 bits per heavy atom. The molecule has 0 aliphatic carbocycles. The summed E-state index contributed by atoms with van der Waals surface area (Å²) in [6, 6.07) is 10.7. The lowest BCUT2D eigenvalue weighted by molar-refractivity contribution is -0.171. The fourth-order valence-corrected chi connectivity index (χ4v) is 2.11. The van der Waals surface area contributed by atoms with E-state index in [0.29, 0.717) is 21.5 Å². The molecule has 1 aromatic carbocycles. The average Bonchev–Trinajstić information content (AvgIpc) is 2.56. The lowest BCUT2D eigenvalue weighted by Gasteiger charge is -2.17. The van der Waals surface area contributed by atoms with Gasteiger partial charge in [0, 0.05) is 16.9 Å². The molecule has 1 amide bonds. The van der Waals surface area contributed by atoms with E-state index in [2.05, 4.69) is 20.9 Å². The largest absolute Gasteiger partial charge is 0.476 e. The van der Waals surface area contributed by atoms with E-state index in [1.807, 2.05) is 30.3 Å². The molecule has 0 aliphatic rings. The molecule has 2 aromatic rings. The van der Waals surface area contributed by atoms with E-state index in [-0.39, 0.29) is 12.3 Å². The normalized spacial score (nSPS) is 11.1. The van der Waals surface area contributed by atoms with Gasteiger partial charge in [-0.25, -0.2) is 4.79 Å². The minimum Gasteiger partial charge on any atom is -0.476 e. The standard InChI is InChI=1S/C16H13BrN2O4/c17-14-9-18-7-6-13(14)8-15(16(21)22)19(11-20)23-10-12-4-2-1-3-5-12/h1-9,11H,10H2,(H,21,22)/b15-8-. The van der Waals surface area contributed by atoms with Gasteiger partial charge in [0.1, 0.15) is 6.61 Å². The Labute approximate surface area is 141 Å². The number of carboxylic acid groups (broad SMARTS) is 1. The summed E-state index contributed by atoms with van der Waals surface area (Å²) in [7, 11) is 0. The summed E-state index contributed by atoms with van der Waals surface area (Å²) in [4.78, 5) is 31.9. The first-order valence-corrected chi connectivity index (χ1v) is 7.37. The molecule has 2 rings (SSSR count). The first kappa shape index (κ1) is 16.9. The number of halogens is 1. The SMILES string of the molecule is O=CN(OCc1ccccc1)/C(=C\c1ccncc1Br)C(=O)O. The van der Waals surface area contributed by atoms with E-state index < -0.39 is 5.97 Å². The zero-order chi connectivity index (χ0) is 16.7. The van der Waals surface area contributed by atoms with Gasteiger partial charge >= 0.3 is 5.97 Å². The Balaban J connectivity index is 2.22. The lowest BCUT2D eigenvalue weighted by Crippen LogP contribution is -2.26. The quantitative estimate of drug-likeness (QED) is 0.456. The van der Waals surface area contributed by atoms with Gasteiger partial charge in [-0.2, -0.15) is 5.06 Å². The number of hydroxylamine groups is 2. The van der Waals surface area contributed by atoms with Gasteiger partial charge < -0.3 is 5.11 Å². The Bertz CT molecular complexity index is 719. The van der Waals surface area contributed by atoms with Crippen molar-refractivity contribution in [2.75, 3.05) is 0 Å². The highest BCUT2D eigenvalue weighted by molar-refractivity contribution is 9.10. The summed E-state index contributed by atoms with van der Waals surface area (Å²) >= 11 is 3.27. The maximum absolute atomic E-state index is 11.4. The van der Waals surface area contributed by atoms with E-state index in [1.54, 1.807) is 6.07 Å². The van der Waals surface area contributed by atoms with Crippen molar-refractivity contribution in [2.24, 2.45) is 0 Å². The van der Waals surface area contributed by atoms with Crippen molar-refractivity contribution in [1.82, 2.24) is 10.0 Å². The topological polar surface area (TPSA) is 79.7 Å². The summed E-state index contributed by atoms with van der Waals surface area (Å²) in [5, 5.41) is 10.0. The molecule has 0 saturated carbocycles. The van der Waals surface area contributed by atoms with E-state index in [4.69, 9.17) is 4.84 Å². The van der Waals surface area contributed by atoms with Gasteiger partial charge in [0.2, 0.25) is 6.41 Å². The first-order valence-electron chi connectivity index (χ1n) is 6.57. The third kappa shape index (κ3) is 4.73. The van der Waals surface area contributed by atoms with Crippen molar-refractivity contribution in [3.8, 4) is 0 Å². The van der Waals surface area contributed by atoms with Crippen LogP contribution in [-0.2, 0) is 21.0 Å². The molecule has 1 heterocycles. The number of hydrogen-bond acceptors (Lipinski definition) is 4. The van der Waals surface area contributed by atoms with Crippen molar-refractivity contribution in [3.05, 3.63) is 70.1 Å². The minimum atomic E-state index is -1.28. The molecular formula is C16H13BrN2O4. The van der Waals surface area contributed by atoms with Crippen LogP contribution in [0.4, 0.5) is 0 Å². The van der Waals surface area contributed by atoms with Crippen LogP contribution < -0.4 is 0 Å². The van der Waals surface area contributed by atoms with Crippen molar-refractivity contribution >= 4 is 34.4 Å². The number of hydrogen-bond donors (Lipinski definition) is 1. The molecule has 118 valence electrons. The third-order valence-electron chi connectivity index (χ3n) is 2.86. The van der Waals surface area contributed by atoms with Crippen molar-refractivity contribution in [2.45, 2.75) is 6.61 Å². The molecule has 0 radical (unpaired) electrons. The first-order chi connectivity index (χ1) is 11.1. The highest BCUT2D eigenvalue weighted by Gasteiger charge is 2.18. The highest BCUT2D eigenvalue weighted by Crippen LogP contribution is 2.19. The summed E-state index contributed by atoms with van der Waals surface area (Å²) < 4.78 is 0.604. The summed E-state index contributed by atoms with van der Waals surface area (Å²) in [6.07, 6.45) is 4.69. The van der Waals surface area contributed by atoms with E-state index in [9.17, 15) is 14.7 Å².